The van der Waals surface area contributed by atoms with Crippen molar-refractivity contribution in [3.05, 3.63) is 30.5 Å². The number of aliphatic hydroxyl groups excluding tert-OH is 1. The van der Waals surface area contributed by atoms with Gasteiger partial charge in [0.1, 0.15) is 16.7 Å². The largest absolute Gasteiger partial charge is 0.389 e. The molecule has 3 N–H and O–H groups in total. The number of rotatable bonds is 3. The molecule has 0 unspecified atom stereocenters. The van der Waals surface area contributed by atoms with Gasteiger partial charge in [0, 0.05) is 19.2 Å². The summed E-state index contributed by atoms with van der Waals surface area (Å²) in [6.07, 6.45) is 1.21. The molecule has 26 heavy (non-hydrogen) atoms. The number of hydrogen-bond acceptors (Lipinski definition) is 7. The van der Waals surface area contributed by atoms with E-state index in [0.29, 0.717) is 34.8 Å². The van der Waals surface area contributed by atoms with Crippen molar-refractivity contribution in [2.24, 2.45) is 12.2 Å². The van der Waals surface area contributed by atoms with Gasteiger partial charge in [-0.3, -0.25) is 4.68 Å². The number of anilines is 1. The minimum atomic E-state index is -3.83. The summed E-state index contributed by atoms with van der Waals surface area (Å²) in [4.78, 5) is 11.1. The number of benzene rings is 1. The van der Waals surface area contributed by atoms with Crippen LogP contribution in [0.1, 0.15) is 6.92 Å². The molecule has 2 atom stereocenters. The highest BCUT2D eigenvalue weighted by Crippen LogP contribution is 2.31. The topological polar surface area (TPSA) is 127 Å². The minimum absolute atomic E-state index is 0.0122. The molecule has 0 bridgehead atoms. The Labute approximate surface area is 150 Å². The lowest BCUT2D eigenvalue weighted by atomic mass is 10.0. The van der Waals surface area contributed by atoms with Gasteiger partial charge in [-0.15, -0.1) is 0 Å². The predicted octanol–water partition coefficient (Wildman–Crippen LogP) is 0.247. The third-order valence-corrected chi connectivity index (χ3v) is 5.61. The van der Waals surface area contributed by atoms with Crippen molar-refractivity contribution in [3.8, 4) is 11.3 Å². The van der Waals surface area contributed by atoms with Gasteiger partial charge in [0.05, 0.1) is 23.2 Å². The SMILES string of the molecule is C[C@H]1[C@H](O)CN1c1nc(-c2cccc(S(N)(=O)=O)c2)c2c(cnn2C)n1. The fraction of sp³-hybridized carbons (Fsp3) is 0.312. The number of nitrogens with zero attached hydrogens (tertiary/aromatic N) is 5. The van der Waals surface area contributed by atoms with Gasteiger partial charge in [-0.05, 0) is 19.1 Å². The molecule has 0 aliphatic carbocycles. The van der Waals surface area contributed by atoms with Crippen molar-refractivity contribution in [2.75, 3.05) is 11.4 Å². The number of aliphatic hydroxyl groups is 1. The van der Waals surface area contributed by atoms with Crippen LogP contribution in [-0.2, 0) is 17.1 Å². The van der Waals surface area contributed by atoms with Crippen LogP contribution < -0.4 is 10.0 Å². The van der Waals surface area contributed by atoms with Crippen LogP contribution in [0.3, 0.4) is 0 Å². The van der Waals surface area contributed by atoms with Crippen molar-refractivity contribution in [2.45, 2.75) is 24.0 Å². The third kappa shape index (κ3) is 2.62. The lowest BCUT2D eigenvalue weighted by Gasteiger charge is -2.43. The first-order chi connectivity index (χ1) is 12.3. The molecule has 0 saturated carbocycles. The first kappa shape index (κ1) is 16.9. The number of sulfonamides is 1. The standard InChI is InChI=1S/C16H18N6O3S/c1-9-13(23)8-22(9)16-19-12-7-18-21(2)15(12)14(20-16)10-4-3-5-11(6-10)26(17,24)25/h3-7,9,13,23H,8H2,1-2H3,(H2,17,24,25)/t9-,13+/m0/s1. The lowest BCUT2D eigenvalue weighted by molar-refractivity contribution is 0.0980. The van der Waals surface area contributed by atoms with E-state index in [9.17, 15) is 13.5 Å². The Morgan fingerprint density at radius 3 is 2.73 bits per heavy atom. The highest BCUT2D eigenvalue weighted by atomic mass is 32.2. The van der Waals surface area contributed by atoms with E-state index in [2.05, 4.69) is 15.1 Å². The quantitative estimate of drug-likeness (QED) is 0.672. The molecule has 1 aromatic carbocycles. The Bertz CT molecular complexity index is 1110. The van der Waals surface area contributed by atoms with Crippen LogP contribution in [0.4, 0.5) is 5.95 Å². The monoisotopic (exact) mass is 374 g/mol. The summed E-state index contributed by atoms with van der Waals surface area (Å²) in [5.41, 5.74) is 2.49. The molecule has 136 valence electrons. The Morgan fingerprint density at radius 2 is 2.08 bits per heavy atom. The predicted molar refractivity (Wildman–Crippen MR) is 95.9 cm³/mol. The molecule has 0 amide bonds. The summed E-state index contributed by atoms with van der Waals surface area (Å²) in [5.74, 6) is 0.472. The molecule has 9 nitrogen and oxygen atoms in total. The molecular formula is C16H18N6O3S. The van der Waals surface area contributed by atoms with Gasteiger partial charge in [0.25, 0.3) is 0 Å². The van der Waals surface area contributed by atoms with Gasteiger partial charge in [-0.1, -0.05) is 12.1 Å². The lowest BCUT2D eigenvalue weighted by Crippen LogP contribution is -2.59. The van der Waals surface area contributed by atoms with Crippen LogP contribution in [0, 0.1) is 0 Å². The zero-order chi connectivity index (χ0) is 18.6. The average Bonchev–Trinajstić information content (AvgIpc) is 2.99. The summed E-state index contributed by atoms with van der Waals surface area (Å²) in [7, 11) is -2.06. The molecule has 2 aromatic heterocycles. The van der Waals surface area contributed by atoms with E-state index in [0.717, 1.165) is 0 Å². The van der Waals surface area contributed by atoms with Crippen LogP contribution >= 0.6 is 0 Å². The molecular weight excluding hydrogens is 356 g/mol. The molecule has 3 aromatic rings. The molecule has 1 aliphatic rings. The van der Waals surface area contributed by atoms with E-state index in [1.165, 1.54) is 12.1 Å². The van der Waals surface area contributed by atoms with Crippen LogP contribution in [0.15, 0.2) is 35.4 Å². The number of fused-ring (bicyclic) bond motifs is 1. The molecule has 1 saturated heterocycles. The van der Waals surface area contributed by atoms with Crippen molar-refractivity contribution in [3.63, 3.8) is 0 Å². The van der Waals surface area contributed by atoms with Gasteiger partial charge >= 0.3 is 0 Å². The molecule has 1 fully saturated rings. The highest BCUT2D eigenvalue weighted by molar-refractivity contribution is 7.89. The Balaban J connectivity index is 1.93. The summed E-state index contributed by atoms with van der Waals surface area (Å²) >= 11 is 0. The second-order valence-electron chi connectivity index (χ2n) is 6.41. The number of β-amino-alcohol motifs (C(OH)–C–C–N with tert-alkyl or cyclic N) is 1. The maximum absolute atomic E-state index is 11.7. The van der Waals surface area contributed by atoms with Crippen LogP contribution in [-0.4, -0.2) is 52.0 Å². The Kier molecular flexibility index (Phi) is 3.72. The zero-order valence-corrected chi connectivity index (χ0v) is 15.1. The number of aromatic nitrogens is 4. The van der Waals surface area contributed by atoms with E-state index >= 15 is 0 Å². The van der Waals surface area contributed by atoms with E-state index in [-0.39, 0.29) is 10.9 Å². The molecule has 0 spiro atoms. The molecule has 4 rings (SSSR count). The fourth-order valence-electron chi connectivity index (χ4n) is 3.07. The maximum atomic E-state index is 11.7. The van der Waals surface area contributed by atoms with E-state index in [4.69, 9.17) is 5.14 Å². The van der Waals surface area contributed by atoms with Crippen LogP contribution in [0.25, 0.3) is 22.3 Å². The van der Waals surface area contributed by atoms with E-state index in [1.807, 2.05) is 11.8 Å². The molecule has 3 heterocycles. The second-order valence-corrected chi connectivity index (χ2v) is 7.97. The van der Waals surface area contributed by atoms with E-state index < -0.39 is 16.1 Å². The number of hydrogen-bond donors (Lipinski definition) is 2. The van der Waals surface area contributed by atoms with E-state index in [1.54, 1.807) is 30.1 Å². The Morgan fingerprint density at radius 1 is 1.31 bits per heavy atom. The van der Waals surface area contributed by atoms with Crippen molar-refractivity contribution in [1.82, 2.24) is 19.7 Å². The van der Waals surface area contributed by atoms with Gasteiger partial charge in [0.2, 0.25) is 16.0 Å². The number of primary sulfonamides is 1. The van der Waals surface area contributed by atoms with Crippen LogP contribution in [0.2, 0.25) is 0 Å². The summed E-state index contributed by atoms with van der Waals surface area (Å²) in [6, 6.07) is 6.22. The van der Waals surface area contributed by atoms with Crippen molar-refractivity contribution in [1.29, 1.82) is 0 Å². The molecule has 0 radical (unpaired) electrons. The third-order valence-electron chi connectivity index (χ3n) is 4.70. The van der Waals surface area contributed by atoms with Gasteiger partial charge in [-0.2, -0.15) is 5.10 Å². The molecule has 1 aliphatic heterocycles. The molecule has 10 heteroatoms. The first-order valence-electron chi connectivity index (χ1n) is 8.03. The van der Waals surface area contributed by atoms with Crippen molar-refractivity contribution >= 4 is 27.0 Å². The Hall–Kier alpha value is -2.56. The maximum Gasteiger partial charge on any atom is 0.238 e. The minimum Gasteiger partial charge on any atom is -0.389 e. The second kappa shape index (κ2) is 5.73. The number of nitrogens with two attached hydrogens (primary N) is 1. The smallest absolute Gasteiger partial charge is 0.238 e. The zero-order valence-electron chi connectivity index (χ0n) is 14.2. The van der Waals surface area contributed by atoms with Crippen LogP contribution in [0.5, 0.6) is 0 Å². The van der Waals surface area contributed by atoms with Gasteiger partial charge in [0.15, 0.2) is 0 Å². The first-order valence-corrected chi connectivity index (χ1v) is 9.58. The van der Waals surface area contributed by atoms with Gasteiger partial charge in [-0.25, -0.2) is 23.5 Å². The number of aryl methyl sites for hydroxylation is 1. The normalized spacial score (nSPS) is 20.4. The highest BCUT2D eigenvalue weighted by Gasteiger charge is 2.36. The summed E-state index contributed by atoms with van der Waals surface area (Å²) < 4.78 is 25.0. The average molecular weight is 374 g/mol. The fourth-order valence-corrected chi connectivity index (χ4v) is 3.63. The summed E-state index contributed by atoms with van der Waals surface area (Å²) in [6.45, 7) is 2.34. The summed E-state index contributed by atoms with van der Waals surface area (Å²) in [5, 5.41) is 19.3. The van der Waals surface area contributed by atoms with Gasteiger partial charge < -0.3 is 10.0 Å². The van der Waals surface area contributed by atoms with Crippen molar-refractivity contribution < 1.29 is 13.5 Å².